The quantitative estimate of drug-likeness (QED) is 0.0203. The lowest BCUT2D eigenvalue weighted by atomic mass is 9.98. The largest absolute Gasteiger partial charge is 0.500 e. The van der Waals surface area contributed by atoms with E-state index in [0.717, 1.165) is 150 Å². The third-order valence-electron chi connectivity index (χ3n) is 18.6. The van der Waals surface area contributed by atoms with Crippen LogP contribution in [0.15, 0.2) is 18.7 Å². The van der Waals surface area contributed by atoms with E-state index >= 15 is 0 Å². The Labute approximate surface area is 720 Å². The van der Waals surface area contributed by atoms with Crippen molar-refractivity contribution in [1.29, 1.82) is 0 Å². The fourth-order valence-corrected chi connectivity index (χ4v) is 13.8. The van der Waals surface area contributed by atoms with Gasteiger partial charge in [0.2, 0.25) is 0 Å². The number of hydrogen-bond donors (Lipinski definition) is 6. The van der Waals surface area contributed by atoms with Gasteiger partial charge in [0.15, 0.2) is 6.29 Å². The van der Waals surface area contributed by atoms with E-state index in [1.807, 2.05) is 46.4 Å². The van der Waals surface area contributed by atoms with Crippen molar-refractivity contribution in [2.45, 2.75) is 379 Å². The molecule has 1 aromatic heterocycles. The van der Waals surface area contributed by atoms with E-state index in [2.05, 4.69) is 179 Å². The SMILES string of the molecule is CC(C)C(CO)CO.CC(C)CC(C)C.CC(C)CCCCO.CC(C)CCCN(CCO)CCO.CC(C)CCCN1CCOCC1.CC(C)CCCn1ccnc1.CC(C)CCOCCO.CCCCCCCCCCC(C)C.CCO[Si](CCCC(C)C)(OC)OCC.COC(CCCC(C)C)OC.COCCCC(C)C. The van der Waals surface area contributed by atoms with Crippen molar-refractivity contribution in [2.24, 2.45) is 76.9 Å². The van der Waals surface area contributed by atoms with E-state index in [-0.39, 0.29) is 45.2 Å². The molecule has 19 heteroatoms. The molecule has 2 heterocycles. The van der Waals surface area contributed by atoms with Gasteiger partial charge in [0.1, 0.15) is 0 Å². The molecule has 1 aliphatic rings. The maximum atomic E-state index is 8.75. The molecule has 18 nitrogen and oxygen atoms in total. The molecule has 1 fully saturated rings. The Morgan fingerprint density at radius 3 is 1.18 bits per heavy atom. The molecule has 0 aliphatic carbocycles. The summed E-state index contributed by atoms with van der Waals surface area (Å²) in [6.45, 7) is 73.0. The minimum absolute atomic E-state index is 0.00579. The second-order valence-corrected chi connectivity index (χ2v) is 39.0. The van der Waals surface area contributed by atoms with Crippen molar-refractivity contribution in [3.8, 4) is 0 Å². The molecule has 115 heavy (non-hydrogen) atoms. The number of ether oxygens (including phenoxy) is 5. The Bertz CT molecular complexity index is 1760. The number of aromatic nitrogens is 2. The first-order valence-corrected chi connectivity index (χ1v) is 49.0. The van der Waals surface area contributed by atoms with E-state index in [1.165, 1.54) is 148 Å². The second-order valence-electron chi connectivity index (χ2n) is 36.1. The first kappa shape index (κ1) is 132. The average Bonchev–Trinajstić information content (AvgIpc) is 1.42. The Morgan fingerprint density at radius 2 is 0.826 bits per heavy atom. The number of rotatable bonds is 58. The van der Waals surface area contributed by atoms with Crippen LogP contribution in [0.4, 0.5) is 0 Å². The van der Waals surface area contributed by atoms with Crippen LogP contribution in [0, 0.1) is 76.9 Å². The number of hydrogen-bond acceptors (Lipinski definition) is 17. The molecule has 0 spiro atoms. The molecular weight excluding hydrogens is 1460 g/mol. The van der Waals surface area contributed by atoms with Crippen molar-refractivity contribution in [2.75, 3.05) is 154 Å². The summed E-state index contributed by atoms with van der Waals surface area (Å²) in [6.07, 6.45) is 40.5. The van der Waals surface area contributed by atoms with Crippen LogP contribution in [0.1, 0.15) is 360 Å². The molecule has 0 bridgehead atoms. The van der Waals surface area contributed by atoms with Crippen LogP contribution in [-0.4, -0.2) is 219 Å². The highest BCUT2D eigenvalue weighted by Gasteiger charge is 2.38. The highest BCUT2D eigenvalue weighted by molar-refractivity contribution is 6.60. The van der Waals surface area contributed by atoms with Gasteiger partial charge in [-0.25, -0.2) is 4.98 Å². The summed E-state index contributed by atoms with van der Waals surface area (Å²) in [5.41, 5.74) is 0. The maximum Gasteiger partial charge on any atom is 0.500 e. The minimum atomic E-state index is -2.34. The topological polar surface area (TPSA) is 220 Å². The highest BCUT2D eigenvalue weighted by atomic mass is 28.4. The number of morpholine rings is 1. The third-order valence-corrected chi connectivity index (χ3v) is 21.7. The van der Waals surface area contributed by atoms with Gasteiger partial charge in [-0.2, -0.15) is 0 Å². The Hall–Kier alpha value is -1.21. The van der Waals surface area contributed by atoms with Crippen LogP contribution < -0.4 is 0 Å². The van der Waals surface area contributed by atoms with Crippen molar-refractivity contribution in [3.63, 3.8) is 0 Å². The third kappa shape index (κ3) is 129. The molecule has 0 aromatic carbocycles. The van der Waals surface area contributed by atoms with Crippen LogP contribution in [0.25, 0.3) is 0 Å². The molecule has 1 saturated heterocycles. The van der Waals surface area contributed by atoms with Crippen molar-refractivity contribution in [3.05, 3.63) is 18.7 Å². The molecule has 0 amide bonds. The number of imidazole rings is 1. The number of aliphatic hydroxyl groups is 6. The Morgan fingerprint density at radius 1 is 0.409 bits per heavy atom. The molecule has 6 N–H and O–H groups in total. The summed E-state index contributed by atoms with van der Waals surface area (Å²) >= 11 is 0. The standard InChI is InChI=1S/C13H28.C11H26O3Si.C10H23NO2.C10H21NO.C9H16N2.C9H20O2.C7H16O2.2C7H16O.C7H16.C6H14O2/c1-4-5-6-7-8-9-10-11-12-13(2)3;1-6-13-15(12-5,14-7-2)10-8-9-11(3)4;1-10(2)4-3-5-11(6-8-12)7-9-13;1-10(2)4-3-5-11-6-8-12-9-7-11;1-9(2)4-3-6-11-7-5-10-8-11;1-8(2)6-5-7-9(10-3)11-4;1-7(2)3-5-9-6-4-8;1-7(2)5-4-6-8-3;1-7(2)5-3-4-6-8;1-6(2)5-7(3)4;1-5(2)6(3-7)4-8/h13H,4-12H2,1-3H3;11H,6-10H2,1-5H3;10,12-13H,3-9H2,1-2H3;10H,3-9H2,1-2H3;5,7-9H,3-4,6H2,1-2H3;8-9H,5-7H2,1-4H3;7-8H,3-6H2,1-2H3;7H,4-6H2,1-3H3;7-8H,3-6H2,1-2H3;6-7H,5H2,1-4H3;5-8H,3-4H2,1-2H3. The van der Waals surface area contributed by atoms with Crippen molar-refractivity contribution < 1.29 is 67.6 Å². The van der Waals surface area contributed by atoms with Gasteiger partial charge >= 0.3 is 8.80 Å². The number of methoxy groups -OCH3 is 3. The van der Waals surface area contributed by atoms with Gasteiger partial charge in [0.25, 0.3) is 0 Å². The lowest BCUT2D eigenvalue weighted by molar-refractivity contribution is -0.107. The lowest BCUT2D eigenvalue weighted by Gasteiger charge is -2.27. The molecule has 704 valence electrons. The van der Waals surface area contributed by atoms with Crippen molar-refractivity contribution in [1.82, 2.24) is 19.4 Å². The number of unbranched alkanes of at least 4 members (excludes halogenated alkanes) is 8. The molecule has 1 aliphatic heterocycles. The normalized spacial score (nSPS) is 12.2. The fraction of sp³-hybridized carbons (Fsp3) is 0.969. The molecular formula is C96H212N4O14Si. The predicted octanol–water partition coefficient (Wildman–Crippen LogP) is 23.3. The molecule has 0 saturated carbocycles. The highest BCUT2D eigenvalue weighted by Crippen LogP contribution is 2.21. The van der Waals surface area contributed by atoms with E-state index in [1.54, 1.807) is 28.4 Å². The van der Waals surface area contributed by atoms with Crippen LogP contribution >= 0.6 is 0 Å². The van der Waals surface area contributed by atoms with E-state index < -0.39 is 8.80 Å². The lowest BCUT2D eigenvalue weighted by Crippen LogP contribution is -2.44. The number of nitrogens with zero attached hydrogens (tertiary/aromatic N) is 4. The summed E-state index contributed by atoms with van der Waals surface area (Å²) in [6, 6.07) is 0.934. The first-order chi connectivity index (χ1) is 54.5. The number of aryl methyl sites for hydroxylation is 1. The predicted molar refractivity (Wildman–Crippen MR) is 502 cm³/mol. The monoisotopic (exact) mass is 1670 g/mol. The van der Waals surface area contributed by atoms with Crippen LogP contribution in [-0.2, 0) is 43.5 Å². The summed E-state index contributed by atoms with van der Waals surface area (Å²) < 4.78 is 44.4. The molecule has 1 aromatic rings. The minimum Gasteiger partial charge on any atom is -0.396 e. The zero-order valence-corrected chi connectivity index (χ0v) is 84.0. The zero-order chi connectivity index (χ0) is 89.7. The zero-order valence-electron chi connectivity index (χ0n) is 83.0. The van der Waals surface area contributed by atoms with Gasteiger partial charge in [0.05, 0.1) is 46.0 Å². The Kier molecular flexibility index (Phi) is 121. The van der Waals surface area contributed by atoms with E-state index in [0.29, 0.717) is 51.4 Å². The van der Waals surface area contributed by atoms with Crippen LogP contribution in [0.5, 0.6) is 0 Å². The average molecular weight is 1670 g/mol. The van der Waals surface area contributed by atoms with Crippen LogP contribution in [0.2, 0.25) is 6.04 Å². The summed E-state index contributed by atoms with van der Waals surface area (Å²) in [7, 11) is 4.48. The summed E-state index contributed by atoms with van der Waals surface area (Å²) in [5.74, 6) is 9.34. The first-order valence-electron chi connectivity index (χ1n) is 47.1. The molecule has 0 unspecified atom stereocenters. The van der Waals surface area contributed by atoms with Gasteiger partial charge in [-0.15, -0.1) is 0 Å². The fourth-order valence-electron chi connectivity index (χ4n) is 11.5. The van der Waals surface area contributed by atoms with Gasteiger partial charge in [-0.3, -0.25) is 9.80 Å². The summed E-state index contributed by atoms with van der Waals surface area (Å²) in [4.78, 5) is 8.59. The molecule has 0 atom stereocenters. The van der Waals surface area contributed by atoms with Crippen molar-refractivity contribution >= 4 is 8.80 Å². The number of aliphatic hydroxyl groups excluding tert-OH is 6. The smallest absolute Gasteiger partial charge is 0.396 e. The summed E-state index contributed by atoms with van der Waals surface area (Å²) in [5, 5.41) is 51.3. The van der Waals surface area contributed by atoms with Gasteiger partial charge < -0.3 is 72.2 Å². The van der Waals surface area contributed by atoms with Gasteiger partial charge in [-0.1, -0.05) is 257 Å². The Balaban J connectivity index is -0.000000155. The molecule has 2 rings (SSSR count). The van der Waals surface area contributed by atoms with E-state index in [9.17, 15) is 0 Å². The second kappa shape index (κ2) is 105. The van der Waals surface area contributed by atoms with Crippen LogP contribution in [0.3, 0.4) is 0 Å². The van der Waals surface area contributed by atoms with Gasteiger partial charge in [-0.05, 0) is 188 Å². The maximum absolute atomic E-state index is 8.75. The van der Waals surface area contributed by atoms with E-state index in [4.69, 9.17) is 67.6 Å². The van der Waals surface area contributed by atoms with Gasteiger partial charge in [0, 0.05) is 132 Å². The molecule has 0 radical (unpaired) electrons.